The van der Waals surface area contributed by atoms with Gasteiger partial charge in [0.1, 0.15) is 5.69 Å². The molecule has 0 saturated carbocycles. The first-order valence-corrected chi connectivity index (χ1v) is 5.12. The number of benzene rings is 2. The monoisotopic (exact) mass is 245 g/mol. The predicted octanol–water partition coefficient (Wildman–Crippen LogP) is 3.16. The second-order valence-electron chi connectivity index (χ2n) is 3.67. The molecule has 0 aromatic heterocycles. The van der Waals surface area contributed by atoms with E-state index >= 15 is 0 Å². The number of nitrogens with two attached hydrogens (primary N) is 1. The van der Waals surface area contributed by atoms with E-state index in [9.17, 15) is 8.78 Å². The highest BCUT2D eigenvalue weighted by Crippen LogP contribution is 2.25. The molecule has 0 bridgehead atoms. The molecule has 2 rings (SSSR count). The molecule has 0 radical (unpaired) electrons. The molecule has 0 fully saturated rings. The first-order valence-electron chi connectivity index (χ1n) is 5.12. The van der Waals surface area contributed by atoms with Gasteiger partial charge >= 0.3 is 0 Å². The summed E-state index contributed by atoms with van der Waals surface area (Å²) >= 11 is 0. The second-order valence-corrected chi connectivity index (χ2v) is 3.67. The number of anilines is 3. The maximum atomic E-state index is 13.5. The van der Waals surface area contributed by atoms with Gasteiger partial charge in [0.15, 0.2) is 11.6 Å². The van der Waals surface area contributed by atoms with Gasteiger partial charge in [-0.2, -0.15) is 5.26 Å². The van der Waals surface area contributed by atoms with Crippen molar-refractivity contribution >= 4 is 17.1 Å². The molecular formula is C13H9F2N3. The van der Waals surface area contributed by atoms with Crippen molar-refractivity contribution in [1.29, 1.82) is 5.26 Å². The zero-order valence-electron chi connectivity index (χ0n) is 9.24. The van der Waals surface area contributed by atoms with Crippen LogP contribution in [0.2, 0.25) is 0 Å². The number of nitrogens with one attached hydrogen (secondary N) is 1. The van der Waals surface area contributed by atoms with Crippen molar-refractivity contribution in [3.05, 3.63) is 53.6 Å². The van der Waals surface area contributed by atoms with E-state index < -0.39 is 11.6 Å². The van der Waals surface area contributed by atoms with Gasteiger partial charge in [0, 0.05) is 11.4 Å². The average Bonchev–Trinajstić information content (AvgIpc) is 2.34. The number of halogens is 2. The lowest BCUT2D eigenvalue weighted by molar-refractivity contribution is 0.592. The smallest absolute Gasteiger partial charge is 0.151 e. The lowest BCUT2D eigenvalue weighted by atomic mass is 10.2. The summed E-state index contributed by atoms with van der Waals surface area (Å²) in [5, 5.41) is 11.2. The van der Waals surface area contributed by atoms with Crippen molar-refractivity contribution in [2.45, 2.75) is 0 Å². The molecule has 0 atom stereocenters. The van der Waals surface area contributed by atoms with Crippen molar-refractivity contribution < 1.29 is 8.78 Å². The minimum absolute atomic E-state index is 0.0235. The molecule has 3 N–H and O–H groups in total. The number of rotatable bonds is 2. The highest BCUT2D eigenvalue weighted by atomic mass is 19.1. The summed E-state index contributed by atoms with van der Waals surface area (Å²) in [5.74, 6) is -1.53. The van der Waals surface area contributed by atoms with E-state index in [-0.39, 0.29) is 11.4 Å². The summed E-state index contributed by atoms with van der Waals surface area (Å²) < 4.78 is 27.0. The number of nitrogens with zero attached hydrogens (tertiary/aromatic N) is 1. The Morgan fingerprint density at radius 3 is 2.11 bits per heavy atom. The molecule has 0 spiro atoms. The van der Waals surface area contributed by atoms with Crippen LogP contribution in [0.5, 0.6) is 0 Å². The van der Waals surface area contributed by atoms with E-state index in [4.69, 9.17) is 11.0 Å². The molecule has 2 aromatic carbocycles. The fourth-order valence-electron chi connectivity index (χ4n) is 1.48. The average molecular weight is 245 g/mol. The van der Waals surface area contributed by atoms with E-state index in [0.29, 0.717) is 11.3 Å². The number of hydrogen-bond donors (Lipinski definition) is 2. The SMILES string of the molecule is N#Cc1ccc(Nc2c(F)cc(N)cc2F)cc1. The second kappa shape index (κ2) is 4.72. The van der Waals surface area contributed by atoms with Crippen LogP contribution >= 0.6 is 0 Å². The molecule has 3 nitrogen and oxygen atoms in total. The van der Waals surface area contributed by atoms with Gasteiger partial charge < -0.3 is 11.1 Å². The quantitative estimate of drug-likeness (QED) is 0.799. The molecule has 0 saturated heterocycles. The zero-order valence-corrected chi connectivity index (χ0v) is 9.24. The topological polar surface area (TPSA) is 61.8 Å². The Hall–Kier alpha value is -2.61. The van der Waals surface area contributed by atoms with E-state index in [1.165, 1.54) is 0 Å². The third-order valence-electron chi connectivity index (χ3n) is 2.35. The van der Waals surface area contributed by atoms with Crippen LogP contribution in [0.15, 0.2) is 36.4 Å². The van der Waals surface area contributed by atoms with Gasteiger partial charge in [-0.1, -0.05) is 0 Å². The molecular weight excluding hydrogens is 236 g/mol. The van der Waals surface area contributed by atoms with E-state index in [0.717, 1.165) is 12.1 Å². The highest BCUT2D eigenvalue weighted by molar-refractivity contribution is 5.64. The molecule has 2 aromatic rings. The maximum Gasteiger partial charge on any atom is 0.151 e. The fourth-order valence-corrected chi connectivity index (χ4v) is 1.48. The molecule has 0 aliphatic rings. The van der Waals surface area contributed by atoms with Crippen molar-refractivity contribution in [3.63, 3.8) is 0 Å². The molecule has 5 heteroatoms. The normalized spacial score (nSPS) is 9.83. The Kier molecular flexibility index (Phi) is 3.11. The third-order valence-corrected chi connectivity index (χ3v) is 2.35. The van der Waals surface area contributed by atoms with Crippen molar-refractivity contribution in [2.24, 2.45) is 0 Å². The zero-order chi connectivity index (χ0) is 13.1. The maximum absolute atomic E-state index is 13.5. The van der Waals surface area contributed by atoms with Crippen LogP contribution in [-0.2, 0) is 0 Å². The van der Waals surface area contributed by atoms with Crippen molar-refractivity contribution in [1.82, 2.24) is 0 Å². The Balaban J connectivity index is 2.31. The van der Waals surface area contributed by atoms with Gasteiger partial charge in [-0.15, -0.1) is 0 Å². The van der Waals surface area contributed by atoms with Gasteiger partial charge in [-0.3, -0.25) is 0 Å². The summed E-state index contributed by atoms with van der Waals surface area (Å²) in [6.45, 7) is 0. The van der Waals surface area contributed by atoms with E-state index in [1.54, 1.807) is 24.3 Å². The fraction of sp³-hybridized carbons (Fsp3) is 0. The lowest BCUT2D eigenvalue weighted by Crippen LogP contribution is -1.99. The Labute approximate surface area is 102 Å². The minimum atomic E-state index is -0.767. The molecule has 90 valence electrons. The Bertz CT molecular complexity index is 592. The predicted molar refractivity (Wildman–Crippen MR) is 65.2 cm³/mol. The van der Waals surface area contributed by atoms with E-state index in [2.05, 4.69) is 5.32 Å². The van der Waals surface area contributed by atoms with Crippen LogP contribution in [0.4, 0.5) is 25.8 Å². The standard InChI is InChI=1S/C13H9F2N3/c14-11-5-9(17)6-12(15)13(11)18-10-3-1-8(7-16)2-4-10/h1-6,18H,17H2. The Morgan fingerprint density at radius 2 is 1.61 bits per heavy atom. The van der Waals surface area contributed by atoms with Crippen LogP contribution in [0, 0.1) is 23.0 Å². The van der Waals surface area contributed by atoms with Crippen LogP contribution in [0.3, 0.4) is 0 Å². The first-order chi connectivity index (χ1) is 8.60. The first kappa shape index (κ1) is 11.9. The van der Waals surface area contributed by atoms with Crippen molar-refractivity contribution in [2.75, 3.05) is 11.1 Å². The van der Waals surface area contributed by atoms with Crippen LogP contribution < -0.4 is 11.1 Å². The van der Waals surface area contributed by atoms with Gasteiger partial charge in [0.05, 0.1) is 11.6 Å². The third kappa shape index (κ3) is 2.38. The van der Waals surface area contributed by atoms with E-state index in [1.807, 2.05) is 6.07 Å². The van der Waals surface area contributed by atoms with Crippen LogP contribution in [0.1, 0.15) is 5.56 Å². The van der Waals surface area contributed by atoms with Crippen LogP contribution in [0.25, 0.3) is 0 Å². The molecule has 0 aliphatic carbocycles. The molecule has 0 unspecified atom stereocenters. The van der Waals surface area contributed by atoms with Crippen molar-refractivity contribution in [3.8, 4) is 6.07 Å². The van der Waals surface area contributed by atoms with Crippen LogP contribution in [-0.4, -0.2) is 0 Å². The summed E-state index contributed by atoms with van der Waals surface area (Å²) in [6, 6.07) is 10.3. The van der Waals surface area contributed by atoms with Gasteiger partial charge in [-0.25, -0.2) is 8.78 Å². The highest BCUT2D eigenvalue weighted by Gasteiger charge is 2.10. The Morgan fingerprint density at radius 1 is 1.06 bits per heavy atom. The number of nitrogen functional groups attached to an aromatic ring is 1. The van der Waals surface area contributed by atoms with Gasteiger partial charge in [0.2, 0.25) is 0 Å². The largest absolute Gasteiger partial charge is 0.399 e. The lowest BCUT2D eigenvalue weighted by Gasteiger charge is -2.09. The van der Waals surface area contributed by atoms with Gasteiger partial charge in [-0.05, 0) is 36.4 Å². The number of hydrogen-bond acceptors (Lipinski definition) is 3. The molecule has 0 heterocycles. The molecule has 0 amide bonds. The van der Waals surface area contributed by atoms with Gasteiger partial charge in [0.25, 0.3) is 0 Å². The summed E-state index contributed by atoms with van der Waals surface area (Å²) in [7, 11) is 0. The molecule has 0 aliphatic heterocycles. The summed E-state index contributed by atoms with van der Waals surface area (Å²) in [4.78, 5) is 0. The summed E-state index contributed by atoms with van der Waals surface area (Å²) in [5.41, 5.74) is 6.02. The number of nitriles is 1. The minimum Gasteiger partial charge on any atom is -0.399 e. The summed E-state index contributed by atoms with van der Waals surface area (Å²) in [6.07, 6.45) is 0. The molecule has 18 heavy (non-hydrogen) atoms.